The molecule has 0 aliphatic rings. The lowest BCUT2D eigenvalue weighted by molar-refractivity contribution is 0.0952. The average Bonchev–Trinajstić information content (AvgIpc) is 2.19. The van der Waals surface area contributed by atoms with Crippen molar-refractivity contribution in [2.24, 2.45) is 0 Å². The summed E-state index contributed by atoms with van der Waals surface area (Å²) in [6, 6.07) is 0. The third kappa shape index (κ3) is 3.19. The number of carbonyl (C=O) groups excluding carboxylic acids is 1. The van der Waals surface area contributed by atoms with E-state index in [9.17, 15) is 4.79 Å². The van der Waals surface area contributed by atoms with Gasteiger partial charge in [0.2, 0.25) is 0 Å². The maximum absolute atomic E-state index is 11.3. The van der Waals surface area contributed by atoms with E-state index in [1.54, 1.807) is 0 Å². The molecule has 0 atom stereocenters. The highest BCUT2D eigenvalue weighted by Crippen LogP contribution is 1.92. The quantitative estimate of drug-likeness (QED) is 0.702. The second-order valence-corrected chi connectivity index (χ2v) is 2.74. The molecule has 0 aliphatic carbocycles. The van der Waals surface area contributed by atoms with Crippen LogP contribution in [0.3, 0.4) is 0 Å². The molecule has 1 N–H and O–H groups in total. The highest BCUT2D eigenvalue weighted by Gasteiger charge is 2.03. The van der Waals surface area contributed by atoms with Gasteiger partial charge in [0.05, 0.1) is 5.56 Å². The van der Waals surface area contributed by atoms with E-state index >= 15 is 0 Å². The van der Waals surface area contributed by atoms with Crippen LogP contribution in [0.15, 0.2) is 18.7 Å². The molecule has 4 heteroatoms. The minimum absolute atomic E-state index is 0.103. The van der Waals surface area contributed by atoms with Crippen molar-refractivity contribution < 1.29 is 4.79 Å². The summed E-state index contributed by atoms with van der Waals surface area (Å²) in [6.07, 6.45) is 6.50. The number of hydrogen-bond acceptors (Lipinski definition) is 3. The van der Waals surface area contributed by atoms with E-state index in [4.69, 9.17) is 0 Å². The molecule has 1 amide bonds. The summed E-state index contributed by atoms with van der Waals surface area (Å²) in [5.41, 5.74) is 0.513. The van der Waals surface area contributed by atoms with E-state index in [2.05, 4.69) is 22.2 Å². The summed E-state index contributed by atoms with van der Waals surface area (Å²) in [7, 11) is 0. The van der Waals surface area contributed by atoms with Crippen molar-refractivity contribution in [2.45, 2.75) is 19.8 Å². The maximum Gasteiger partial charge on any atom is 0.254 e. The molecule has 0 radical (unpaired) electrons. The van der Waals surface area contributed by atoms with Gasteiger partial charge in [0, 0.05) is 18.9 Å². The molecular weight excluding hydrogens is 166 g/mol. The minimum atomic E-state index is -0.103. The molecule has 1 aromatic heterocycles. The maximum atomic E-state index is 11.3. The molecule has 0 fully saturated rings. The lowest BCUT2D eigenvalue weighted by atomic mass is 10.3. The fraction of sp³-hybridized carbons (Fsp3) is 0.444. The fourth-order valence-electron chi connectivity index (χ4n) is 0.897. The van der Waals surface area contributed by atoms with Gasteiger partial charge < -0.3 is 5.32 Å². The first kappa shape index (κ1) is 9.64. The van der Waals surface area contributed by atoms with Gasteiger partial charge in [-0.05, 0) is 6.42 Å². The Kier molecular flexibility index (Phi) is 3.88. The summed E-state index contributed by atoms with van der Waals surface area (Å²) in [4.78, 5) is 18.9. The predicted molar refractivity (Wildman–Crippen MR) is 49.3 cm³/mol. The highest BCUT2D eigenvalue weighted by atomic mass is 16.1. The Bertz CT molecular complexity index is 261. The van der Waals surface area contributed by atoms with Gasteiger partial charge in [-0.3, -0.25) is 4.79 Å². The molecule has 0 bridgehead atoms. The molecular formula is C9H13N3O. The van der Waals surface area contributed by atoms with Crippen molar-refractivity contribution in [1.82, 2.24) is 15.3 Å². The van der Waals surface area contributed by atoms with Crippen LogP contribution >= 0.6 is 0 Å². The molecule has 4 nitrogen and oxygen atoms in total. The molecule has 0 unspecified atom stereocenters. The van der Waals surface area contributed by atoms with Gasteiger partial charge in [0.15, 0.2) is 0 Å². The van der Waals surface area contributed by atoms with Gasteiger partial charge >= 0.3 is 0 Å². The van der Waals surface area contributed by atoms with E-state index in [-0.39, 0.29) is 5.91 Å². The normalized spacial score (nSPS) is 9.62. The Morgan fingerprint density at radius 1 is 1.46 bits per heavy atom. The van der Waals surface area contributed by atoms with Crippen molar-refractivity contribution in [2.75, 3.05) is 6.54 Å². The zero-order valence-corrected chi connectivity index (χ0v) is 7.66. The van der Waals surface area contributed by atoms with Crippen LogP contribution in [-0.4, -0.2) is 22.4 Å². The molecule has 0 saturated carbocycles. The van der Waals surface area contributed by atoms with Gasteiger partial charge in [-0.15, -0.1) is 0 Å². The van der Waals surface area contributed by atoms with Gasteiger partial charge in [0.1, 0.15) is 6.33 Å². The Morgan fingerprint density at radius 2 is 2.15 bits per heavy atom. The molecule has 0 aliphatic heterocycles. The molecule has 0 saturated heterocycles. The van der Waals surface area contributed by atoms with Crippen LogP contribution in [0.2, 0.25) is 0 Å². The molecule has 0 spiro atoms. The molecule has 0 aromatic carbocycles. The summed E-state index contributed by atoms with van der Waals surface area (Å²) in [6.45, 7) is 2.79. The van der Waals surface area contributed by atoms with Gasteiger partial charge in [-0.1, -0.05) is 13.3 Å². The first-order valence-corrected chi connectivity index (χ1v) is 4.37. The zero-order valence-electron chi connectivity index (χ0n) is 7.66. The molecule has 13 heavy (non-hydrogen) atoms. The highest BCUT2D eigenvalue weighted by molar-refractivity contribution is 5.93. The van der Waals surface area contributed by atoms with Gasteiger partial charge in [0.25, 0.3) is 5.91 Å². The lowest BCUT2D eigenvalue weighted by Crippen LogP contribution is -2.24. The lowest BCUT2D eigenvalue weighted by Gasteiger charge is -2.02. The first-order valence-electron chi connectivity index (χ1n) is 4.37. The monoisotopic (exact) mass is 179 g/mol. The third-order valence-electron chi connectivity index (χ3n) is 1.64. The SMILES string of the molecule is CCCCNC(=O)c1cncnc1. The Hall–Kier alpha value is -1.45. The van der Waals surface area contributed by atoms with E-state index in [1.807, 2.05) is 0 Å². The van der Waals surface area contributed by atoms with Crippen LogP contribution in [0.4, 0.5) is 0 Å². The van der Waals surface area contributed by atoms with Crippen LogP contribution in [0, 0.1) is 0 Å². The van der Waals surface area contributed by atoms with Crippen molar-refractivity contribution >= 4 is 5.91 Å². The number of aromatic nitrogens is 2. The van der Waals surface area contributed by atoms with E-state index in [0.29, 0.717) is 12.1 Å². The predicted octanol–water partition coefficient (Wildman–Crippen LogP) is 1.01. The summed E-state index contributed by atoms with van der Waals surface area (Å²) >= 11 is 0. The zero-order chi connectivity index (χ0) is 9.52. The van der Waals surface area contributed by atoms with E-state index in [0.717, 1.165) is 12.8 Å². The fourth-order valence-corrected chi connectivity index (χ4v) is 0.897. The van der Waals surface area contributed by atoms with Crippen LogP contribution < -0.4 is 5.32 Å². The molecule has 70 valence electrons. The van der Waals surface area contributed by atoms with Crippen LogP contribution in [-0.2, 0) is 0 Å². The number of amides is 1. The smallest absolute Gasteiger partial charge is 0.254 e. The molecule has 1 heterocycles. The van der Waals surface area contributed by atoms with Crippen molar-refractivity contribution in [3.63, 3.8) is 0 Å². The number of carbonyl (C=O) groups is 1. The van der Waals surface area contributed by atoms with Crippen molar-refractivity contribution in [3.8, 4) is 0 Å². The minimum Gasteiger partial charge on any atom is -0.352 e. The van der Waals surface area contributed by atoms with E-state index in [1.165, 1.54) is 18.7 Å². The number of nitrogens with zero attached hydrogens (tertiary/aromatic N) is 2. The first-order chi connectivity index (χ1) is 6.34. The Labute approximate surface area is 77.4 Å². The third-order valence-corrected chi connectivity index (χ3v) is 1.64. The summed E-state index contributed by atoms with van der Waals surface area (Å²) in [5.74, 6) is -0.103. The largest absolute Gasteiger partial charge is 0.352 e. The number of nitrogens with one attached hydrogen (secondary N) is 1. The topological polar surface area (TPSA) is 54.9 Å². The standard InChI is InChI=1S/C9H13N3O/c1-2-3-4-12-9(13)8-5-10-7-11-6-8/h5-7H,2-4H2,1H3,(H,12,13). The van der Waals surface area contributed by atoms with E-state index < -0.39 is 0 Å². The second-order valence-electron chi connectivity index (χ2n) is 2.74. The van der Waals surface area contributed by atoms with Gasteiger partial charge in [-0.25, -0.2) is 9.97 Å². The number of unbranched alkanes of at least 4 members (excludes halogenated alkanes) is 1. The number of hydrogen-bond donors (Lipinski definition) is 1. The number of rotatable bonds is 4. The summed E-state index contributed by atoms with van der Waals surface area (Å²) in [5, 5.41) is 2.78. The van der Waals surface area contributed by atoms with Gasteiger partial charge in [-0.2, -0.15) is 0 Å². The second kappa shape index (κ2) is 5.24. The van der Waals surface area contributed by atoms with Crippen LogP contribution in [0.25, 0.3) is 0 Å². The Balaban J connectivity index is 2.40. The molecule has 1 aromatic rings. The van der Waals surface area contributed by atoms with Crippen molar-refractivity contribution in [1.29, 1.82) is 0 Å². The summed E-state index contributed by atoms with van der Waals surface area (Å²) < 4.78 is 0. The Morgan fingerprint density at radius 3 is 2.77 bits per heavy atom. The van der Waals surface area contributed by atoms with Crippen LogP contribution in [0.1, 0.15) is 30.1 Å². The van der Waals surface area contributed by atoms with Crippen molar-refractivity contribution in [3.05, 3.63) is 24.3 Å². The molecule has 1 rings (SSSR count). The average molecular weight is 179 g/mol. The van der Waals surface area contributed by atoms with Crippen LogP contribution in [0.5, 0.6) is 0 Å².